The fourth-order valence-electron chi connectivity index (χ4n) is 2.30. The fourth-order valence-corrected chi connectivity index (χ4v) is 2.48. The monoisotopic (exact) mass is 240 g/mol. The maximum absolute atomic E-state index is 10.0. The normalized spacial score (nSPS) is 19.4. The van der Waals surface area contributed by atoms with Crippen molar-refractivity contribution in [1.29, 1.82) is 0 Å². The van der Waals surface area contributed by atoms with Gasteiger partial charge in [0, 0.05) is 31.4 Å². The summed E-state index contributed by atoms with van der Waals surface area (Å²) in [5.41, 5.74) is 0.561. The van der Waals surface area contributed by atoms with E-state index in [1.807, 2.05) is 12.1 Å². The van der Waals surface area contributed by atoms with Gasteiger partial charge in [-0.2, -0.15) is 0 Å². The molecule has 1 aromatic heterocycles. The van der Waals surface area contributed by atoms with E-state index in [1.54, 1.807) is 6.20 Å². The van der Waals surface area contributed by atoms with Gasteiger partial charge in [-0.25, -0.2) is 4.98 Å². The van der Waals surface area contributed by atoms with E-state index in [-0.39, 0.29) is 0 Å². The second-order valence-corrected chi connectivity index (χ2v) is 4.93. The average Bonchev–Trinajstić information content (AvgIpc) is 2.19. The minimum Gasteiger partial charge on any atom is -0.387 e. The van der Waals surface area contributed by atoms with Crippen LogP contribution in [0.1, 0.15) is 25.3 Å². The molecule has 0 bridgehead atoms. The number of β-amino-alcohol motifs (C(OH)–C–C–N with tert-alkyl or cyclic N) is 1. The third-order valence-corrected chi connectivity index (χ3v) is 3.32. The lowest BCUT2D eigenvalue weighted by atomic mass is 9.89. The van der Waals surface area contributed by atoms with E-state index in [2.05, 4.69) is 16.8 Å². The zero-order chi connectivity index (χ0) is 11.6. The van der Waals surface area contributed by atoms with Gasteiger partial charge in [-0.05, 0) is 12.5 Å². The standard InChI is InChI=1S/C12H17ClN2O/c1-2-5-12(16)8-15(9-12)7-10-4-3-6-14-11(10)13/h3-4,6,16H,2,5,7-9H2,1H3. The van der Waals surface area contributed by atoms with Gasteiger partial charge in [0.1, 0.15) is 5.15 Å². The molecule has 0 saturated carbocycles. The van der Waals surface area contributed by atoms with Gasteiger partial charge in [0.25, 0.3) is 0 Å². The molecular weight excluding hydrogens is 224 g/mol. The summed E-state index contributed by atoms with van der Waals surface area (Å²) < 4.78 is 0. The molecule has 16 heavy (non-hydrogen) atoms. The number of halogens is 1. The molecule has 4 heteroatoms. The lowest BCUT2D eigenvalue weighted by molar-refractivity contribution is -0.106. The predicted molar refractivity (Wildman–Crippen MR) is 64.4 cm³/mol. The smallest absolute Gasteiger partial charge is 0.133 e. The average molecular weight is 241 g/mol. The van der Waals surface area contributed by atoms with Gasteiger partial charge >= 0.3 is 0 Å². The van der Waals surface area contributed by atoms with Crippen molar-refractivity contribution in [3.05, 3.63) is 29.0 Å². The molecule has 0 unspecified atom stereocenters. The molecule has 0 atom stereocenters. The third-order valence-electron chi connectivity index (χ3n) is 2.98. The molecule has 1 saturated heterocycles. The summed E-state index contributed by atoms with van der Waals surface area (Å²) in [5, 5.41) is 10.6. The first-order valence-electron chi connectivity index (χ1n) is 5.67. The Kier molecular flexibility index (Phi) is 3.47. The molecule has 2 rings (SSSR count). The highest BCUT2D eigenvalue weighted by Crippen LogP contribution is 2.28. The Labute approximate surface area is 101 Å². The summed E-state index contributed by atoms with van der Waals surface area (Å²) in [7, 11) is 0. The van der Waals surface area contributed by atoms with Crippen LogP contribution in [0.5, 0.6) is 0 Å². The number of nitrogens with zero attached hydrogens (tertiary/aromatic N) is 2. The van der Waals surface area contributed by atoms with Crippen molar-refractivity contribution in [1.82, 2.24) is 9.88 Å². The lowest BCUT2D eigenvalue weighted by Gasteiger charge is -2.46. The van der Waals surface area contributed by atoms with Crippen LogP contribution < -0.4 is 0 Å². The predicted octanol–water partition coefficient (Wildman–Crippen LogP) is 2.08. The van der Waals surface area contributed by atoms with E-state index >= 15 is 0 Å². The van der Waals surface area contributed by atoms with Gasteiger partial charge < -0.3 is 5.11 Å². The maximum Gasteiger partial charge on any atom is 0.133 e. The summed E-state index contributed by atoms with van der Waals surface area (Å²) in [6.45, 7) is 4.36. The summed E-state index contributed by atoms with van der Waals surface area (Å²) in [6, 6.07) is 3.87. The number of rotatable bonds is 4. The molecule has 88 valence electrons. The Morgan fingerprint density at radius 3 is 2.94 bits per heavy atom. The molecule has 0 spiro atoms. The Morgan fingerprint density at radius 1 is 1.56 bits per heavy atom. The molecule has 1 aliphatic rings. The summed E-state index contributed by atoms with van der Waals surface area (Å²) in [5.74, 6) is 0. The second kappa shape index (κ2) is 4.70. The van der Waals surface area contributed by atoms with Crippen LogP contribution in [-0.2, 0) is 6.54 Å². The number of hydrogen-bond donors (Lipinski definition) is 1. The van der Waals surface area contributed by atoms with Crippen molar-refractivity contribution in [2.24, 2.45) is 0 Å². The minimum absolute atomic E-state index is 0.469. The van der Waals surface area contributed by atoms with Crippen LogP contribution in [-0.4, -0.2) is 33.7 Å². The minimum atomic E-state index is -0.469. The Bertz CT molecular complexity index is 364. The molecule has 1 aliphatic heterocycles. The molecule has 1 fully saturated rings. The quantitative estimate of drug-likeness (QED) is 0.819. The topological polar surface area (TPSA) is 36.4 Å². The second-order valence-electron chi connectivity index (χ2n) is 4.57. The number of aromatic nitrogens is 1. The van der Waals surface area contributed by atoms with Gasteiger partial charge in [-0.15, -0.1) is 0 Å². The molecule has 3 nitrogen and oxygen atoms in total. The summed E-state index contributed by atoms with van der Waals surface area (Å²) in [6.07, 6.45) is 3.59. The zero-order valence-corrected chi connectivity index (χ0v) is 10.2. The SMILES string of the molecule is CCCC1(O)CN(Cc2cccnc2Cl)C1. The van der Waals surface area contributed by atoms with Gasteiger partial charge in [0.2, 0.25) is 0 Å². The van der Waals surface area contributed by atoms with Gasteiger partial charge in [0.05, 0.1) is 5.60 Å². The number of aliphatic hydroxyl groups is 1. The van der Waals surface area contributed by atoms with Crippen molar-refractivity contribution in [3.63, 3.8) is 0 Å². The van der Waals surface area contributed by atoms with E-state index in [4.69, 9.17) is 11.6 Å². The highest BCUT2D eigenvalue weighted by Gasteiger charge is 2.39. The zero-order valence-electron chi connectivity index (χ0n) is 9.49. The highest BCUT2D eigenvalue weighted by atomic mass is 35.5. The van der Waals surface area contributed by atoms with E-state index < -0.39 is 5.60 Å². The Balaban J connectivity index is 1.88. The van der Waals surface area contributed by atoms with E-state index in [9.17, 15) is 5.11 Å². The van der Waals surface area contributed by atoms with Crippen molar-refractivity contribution in [3.8, 4) is 0 Å². The van der Waals surface area contributed by atoms with Crippen LogP contribution in [0, 0.1) is 0 Å². The fraction of sp³-hybridized carbons (Fsp3) is 0.583. The molecule has 1 aromatic rings. The number of pyridine rings is 1. The summed E-state index contributed by atoms with van der Waals surface area (Å²) in [4.78, 5) is 6.23. The van der Waals surface area contributed by atoms with Gasteiger partial charge in [-0.3, -0.25) is 4.90 Å². The Morgan fingerprint density at radius 2 is 2.31 bits per heavy atom. The molecule has 1 N–H and O–H groups in total. The summed E-state index contributed by atoms with van der Waals surface area (Å²) >= 11 is 5.98. The van der Waals surface area contributed by atoms with Crippen LogP contribution in [0.15, 0.2) is 18.3 Å². The highest BCUT2D eigenvalue weighted by molar-refractivity contribution is 6.30. The largest absolute Gasteiger partial charge is 0.387 e. The molecule has 0 radical (unpaired) electrons. The van der Waals surface area contributed by atoms with Gasteiger partial charge in [-0.1, -0.05) is 31.0 Å². The van der Waals surface area contributed by atoms with Crippen molar-refractivity contribution < 1.29 is 5.11 Å². The van der Waals surface area contributed by atoms with Crippen molar-refractivity contribution in [2.45, 2.75) is 31.9 Å². The third kappa shape index (κ3) is 2.54. The first-order valence-corrected chi connectivity index (χ1v) is 6.05. The molecular formula is C12H17ClN2O. The molecule has 0 aromatic carbocycles. The first kappa shape index (κ1) is 11.8. The number of likely N-dealkylation sites (tertiary alicyclic amines) is 1. The lowest BCUT2D eigenvalue weighted by Crippen LogP contribution is -2.60. The van der Waals surface area contributed by atoms with Crippen LogP contribution in [0.3, 0.4) is 0 Å². The van der Waals surface area contributed by atoms with Crippen molar-refractivity contribution >= 4 is 11.6 Å². The molecule has 0 aliphatic carbocycles. The first-order chi connectivity index (χ1) is 7.63. The van der Waals surface area contributed by atoms with Crippen LogP contribution in [0.4, 0.5) is 0 Å². The van der Waals surface area contributed by atoms with Crippen LogP contribution in [0.25, 0.3) is 0 Å². The maximum atomic E-state index is 10.0. The molecule has 0 amide bonds. The Hall–Kier alpha value is -0.640. The van der Waals surface area contributed by atoms with E-state index in [0.29, 0.717) is 5.15 Å². The molecule has 2 heterocycles. The van der Waals surface area contributed by atoms with Crippen LogP contribution >= 0.6 is 11.6 Å². The van der Waals surface area contributed by atoms with Crippen molar-refractivity contribution in [2.75, 3.05) is 13.1 Å². The van der Waals surface area contributed by atoms with Crippen LogP contribution in [0.2, 0.25) is 5.15 Å². The van der Waals surface area contributed by atoms with E-state index in [1.165, 1.54) is 0 Å². The van der Waals surface area contributed by atoms with Gasteiger partial charge in [0.15, 0.2) is 0 Å². The number of hydrogen-bond acceptors (Lipinski definition) is 3. The van der Waals surface area contributed by atoms with E-state index in [0.717, 1.165) is 38.0 Å².